The fourth-order valence-corrected chi connectivity index (χ4v) is 9.05. The van der Waals surface area contributed by atoms with Crippen LogP contribution < -0.4 is 21.5 Å². The Bertz CT molecular complexity index is 2570. The lowest BCUT2D eigenvalue weighted by Crippen LogP contribution is -2.43. The summed E-state index contributed by atoms with van der Waals surface area (Å²) in [4.78, 5) is 22.9. The van der Waals surface area contributed by atoms with E-state index in [0.717, 1.165) is 18.6 Å². The number of aromatic nitrogens is 5. The summed E-state index contributed by atoms with van der Waals surface area (Å²) in [5.74, 6) is -4.30. The van der Waals surface area contributed by atoms with Gasteiger partial charge in [-0.2, -0.15) is 28.4 Å². The standard InChI is InChI=1S/C38H32F6N10O2S/c39-18-13-37(9-2-12-54(37)15-18)16-56-36-52-30-27(35(53-36)51-24(20-3-1-10-49-33(20)46)7-4-19-8-11-48-17-50-19)31(55)28(38(42,43)44)26(29(30)41)21-5-6-23(40)32-25(21)22(14-45)34(47)57-32/h1,3,5-6,8,10-11,17-18,24,55H,2,4,7,9,12-13,15-16,47H2,(H2,46,49)(H,51,52,53)/t18-,24-,37+/m1/s1. The predicted molar refractivity (Wildman–Crippen MR) is 200 cm³/mol. The molecule has 2 aliphatic heterocycles. The average molecular weight is 807 g/mol. The van der Waals surface area contributed by atoms with Crippen LogP contribution in [-0.2, 0) is 12.6 Å². The van der Waals surface area contributed by atoms with E-state index in [1.54, 1.807) is 30.5 Å². The van der Waals surface area contributed by atoms with Crippen molar-refractivity contribution in [3.8, 4) is 29.0 Å². The van der Waals surface area contributed by atoms with Gasteiger partial charge in [-0.15, -0.1) is 11.3 Å². The Balaban J connectivity index is 1.36. The third-order valence-electron chi connectivity index (χ3n) is 10.6. The highest BCUT2D eigenvalue weighted by Crippen LogP contribution is 2.52. The summed E-state index contributed by atoms with van der Waals surface area (Å²) in [7, 11) is 0. The SMILES string of the molecule is N#Cc1c(N)sc2c(F)ccc(-c3c(C(F)(F)F)c(O)c4c(N[C@H](CCc5ccncn5)c5cccnc5N)nc(OC[C@@]56CCCN5C[C@H](F)C6)nc4c3F)c12. The number of aryl methyl sites for hydroxylation is 1. The normalized spacial score (nSPS) is 18.9. The quantitative estimate of drug-likeness (QED) is 0.100. The van der Waals surface area contributed by atoms with Crippen LogP contribution in [0, 0.1) is 23.0 Å². The first-order valence-corrected chi connectivity index (χ1v) is 18.6. The fourth-order valence-electron chi connectivity index (χ4n) is 8.10. The maximum absolute atomic E-state index is 17.4. The number of rotatable bonds is 10. The van der Waals surface area contributed by atoms with Crippen molar-refractivity contribution in [3.63, 3.8) is 0 Å². The highest BCUT2D eigenvalue weighted by molar-refractivity contribution is 7.23. The average Bonchev–Trinajstić information content (AvgIpc) is 3.83. The second-order valence-electron chi connectivity index (χ2n) is 14.0. The summed E-state index contributed by atoms with van der Waals surface area (Å²) in [5.41, 5.74) is 7.83. The molecule has 0 radical (unpaired) electrons. The van der Waals surface area contributed by atoms with Crippen molar-refractivity contribution in [2.24, 2.45) is 0 Å². The number of halogens is 6. The Morgan fingerprint density at radius 2 is 1.95 bits per heavy atom. The number of ether oxygens (including phenoxy) is 1. The minimum absolute atomic E-state index is 0.0762. The lowest BCUT2D eigenvalue weighted by Gasteiger charge is -2.31. The van der Waals surface area contributed by atoms with Crippen LogP contribution in [0.3, 0.4) is 0 Å². The smallest absolute Gasteiger partial charge is 0.420 e. The van der Waals surface area contributed by atoms with E-state index in [-0.39, 0.29) is 52.5 Å². The number of anilines is 3. The van der Waals surface area contributed by atoms with Gasteiger partial charge in [0.1, 0.15) is 64.5 Å². The van der Waals surface area contributed by atoms with E-state index in [9.17, 15) is 14.8 Å². The van der Waals surface area contributed by atoms with Crippen LogP contribution in [0.2, 0.25) is 0 Å². The maximum Gasteiger partial charge on any atom is 0.420 e. The number of phenols is 1. The molecule has 2 fully saturated rings. The number of nitriles is 1. The Morgan fingerprint density at radius 3 is 2.68 bits per heavy atom. The van der Waals surface area contributed by atoms with Gasteiger partial charge in [-0.05, 0) is 56.0 Å². The van der Waals surface area contributed by atoms with E-state index >= 15 is 22.0 Å². The van der Waals surface area contributed by atoms with Gasteiger partial charge in [0.25, 0.3) is 0 Å². The van der Waals surface area contributed by atoms with E-state index in [1.807, 2.05) is 4.90 Å². The molecule has 6 aromatic rings. The number of alkyl halides is 4. The molecule has 0 amide bonds. The molecule has 2 aromatic carbocycles. The Labute approximate surface area is 324 Å². The molecule has 2 aliphatic rings. The Kier molecular flexibility index (Phi) is 9.64. The molecule has 6 heterocycles. The van der Waals surface area contributed by atoms with Crippen molar-refractivity contribution < 1.29 is 36.2 Å². The number of nitrogens with zero attached hydrogens (tertiary/aromatic N) is 7. The molecule has 0 spiro atoms. The largest absolute Gasteiger partial charge is 0.506 e. The summed E-state index contributed by atoms with van der Waals surface area (Å²) in [6.45, 7) is 0.710. The van der Waals surface area contributed by atoms with Gasteiger partial charge in [0.05, 0.1) is 27.2 Å². The Hall–Kier alpha value is -6.00. The van der Waals surface area contributed by atoms with Crippen LogP contribution in [0.1, 0.15) is 54.1 Å². The number of fused-ring (bicyclic) bond motifs is 3. The number of hydrogen-bond donors (Lipinski definition) is 4. The summed E-state index contributed by atoms with van der Waals surface area (Å²) in [5, 5.41) is 23.4. The van der Waals surface area contributed by atoms with E-state index < -0.39 is 80.7 Å². The molecule has 8 rings (SSSR count). The van der Waals surface area contributed by atoms with Crippen LogP contribution in [0.25, 0.3) is 32.1 Å². The van der Waals surface area contributed by atoms with E-state index in [1.165, 1.54) is 12.5 Å². The molecule has 4 aromatic heterocycles. The van der Waals surface area contributed by atoms with Gasteiger partial charge >= 0.3 is 12.2 Å². The predicted octanol–water partition coefficient (Wildman–Crippen LogP) is 7.48. The minimum Gasteiger partial charge on any atom is -0.506 e. The molecule has 0 unspecified atom stereocenters. The third kappa shape index (κ3) is 6.71. The van der Waals surface area contributed by atoms with Crippen molar-refractivity contribution in [3.05, 3.63) is 83.1 Å². The molecule has 294 valence electrons. The minimum atomic E-state index is -5.42. The number of thiophene rings is 1. The summed E-state index contributed by atoms with van der Waals surface area (Å²) in [6.07, 6.45) is -0.157. The van der Waals surface area contributed by atoms with Crippen LogP contribution >= 0.6 is 11.3 Å². The van der Waals surface area contributed by atoms with Crippen molar-refractivity contribution in [1.82, 2.24) is 29.8 Å². The number of aromatic hydroxyl groups is 1. The number of nitrogen functional groups attached to an aromatic ring is 2. The monoisotopic (exact) mass is 806 g/mol. The number of benzene rings is 2. The maximum atomic E-state index is 17.4. The van der Waals surface area contributed by atoms with Gasteiger partial charge < -0.3 is 26.6 Å². The van der Waals surface area contributed by atoms with Gasteiger partial charge in [0.2, 0.25) is 0 Å². The topological polar surface area (TPSA) is 185 Å². The lowest BCUT2D eigenvalue weighted by atomic mass is 9.91. The number of nitrogens with two attached hydrogens (primary N) is 2. The second kappa shape index (κ2) is 14.5. The summed E-state index contributed by atoms with van der Waals surface area (Å²) in [6, 6.07) is 7.06. The fraction of sp³-hybridized carbons (Fsp3) is 0.316. The number of nitrogens with one attached hydrogen (secondary N) is 1. The highest BCUT2D eigenvalue weighted by Gasteiger charge is 2.49. The van der Waals surface area contributed by atoms with E-state index in [2.05, 4.69) is 30.2 Å². The van der Waals surface area contributed by atoms with Gasteiger partial charge in [-0.1, -0.05) is 12.1 Å². The first-order valence-electron chi connectivity index (χ1n) is 17.8. The van der Waals surface area contributed by atoms with Gasteiger partial charge in [-0.25, -0.2) is 28.1 Å². The zero-order chi connectivity index (χ0) is 40.2. The molecule has 6 N–H and O–H groups in total. The second-order valence-corrected chi connectivity index (χ2v) is 15.1. The molecule has 12 nitrogen and oxygen atoms in total. The first-order chi connectivity index (χ1) is 27.3. The van der Waals surface area contributed by atoms with Gasteiger partial charge in [0, 0.05) is 47.6 Å². The zero-order valence-corrected chi connectivity index (χ0v) is 30.6. The Morgan fingerprint density at radius 1 is 1.12 bits per heavy atom. The molecular weight excluding hydrogens is 775 g/mol. The lowest BCUT2D eigenvalue weighted by molar-refractivity contribution is -0.138. The molecule has 57 heavy (non-hydrogen) atoms. The number of phenolic OH excluding ortho intramolecular Hbond substituents is 1. The van der Waals surface area contributed by atoms with Gasteiger partial charge in [-0.3, -0.25) is 4.90 Å². The van der Waals surface area contributed by atoms with Gasteiger partial charge in [0.15, 0.2) is 5.82 Å². The highest BCUT2D eigenvalue weighted by atomic mass is 32.1. The molecule has 3 atom stereocenters. The molecule has 0 bridgehead atoms. The zero-order valence-electron chi connectivity index (χ0n) is 29.7. The third-order valence-corrected chi connectivity index (χ3v) is 11.7. The van der Waals surface area contributed by atoms with Crippen LogP contribution in [-0.4, -0.2) is 66.3 Å². The molecule has 2 saturated heterocycles. The number of hydrogen-bond acceptors (Lipinski definition) is 13. The van der Waals surface area contributed by atoms with E-state index in [0.29, 0.717) is 42.0 Å². The van der Waals surface area contributed by atoms with E-state index in [4.69, 9.17) is 16.2 Å². The molecule has 19 heteroatoms. The van der Waals surface area contributed by atoms with Crippen LogP contribution in [0.15, 0.2) is 49.1 Å². The summed E-state index contributed by atoms with van der Waals surface area (Å²) >= 11 is 0.610. The van der Waals surface area contributed by atoms with Crippen molar-refractivity contribution in [2.75, 3.05) is 36.5 Å². The van der Waals surface area contributed by atoms with Crippen LogP contribution in [0.4, 0.5) is 43.0 Å². The van der Waals surface area contributed by atoms with Crippen molar-refractivity contribution >= 4 is 49.0 Å². The number of pyridine rings is 1. The van der Waals surface area contributed by atoms with Crippen LogP contribution in [0.5, 0.6) is 11.8 Å². The van der Waals surface area contributed by atoms with Crippen molar-refractivity contribution in [1.29, 1.82) is 5.26 Å². The molecular formula is C38H32F6N10O2S. The summed E-state index contributed by atoms with van der Waals surface area (Å²) < 4.78 is 98.7. The first kappa shape index (κ1) is 37.9. The molecule has 0 saturated carbocycles. The molecule has 0 aliphatic carbocycles. The van der Waals surface area contributed by atoms with Crippen molar-refractivity contribution in [2.45, 2.75) is 56.0 Å².